The van der Waals surface area contributed by atoms with Gasteiger partial charge in [-0.05, 0) is 47.4 Å². The number of nitrogens with one attached hydrogen (secondary N) is 1. The zero-order valence-corrected chi connectivity index (χ0v) is 13.3. The van der Waals surface area contributed by atoms with Crippen molar-refractivity contribution < 1.29 is 9.18 Å². The average molecular weight is 326 g/mol. The van der Waals surface area contributed by atoms with E-state index in [-0.39, 0.29) is 11.7 Å². The molecule has 1 heterocycles. The third-order valence-corrected chi connectivity index (χ3v) is 4.33. The predicted octanol–water partition coefficient (Wildman–Crippen LogP) is 3.43. The van der Waals surface area contributed by atoms with Crippen molar-refractivity contribution in [2.24, 2.45) is 5.73 Å². The van der Waals surface area contributed by atoms with Crippen LogP contribution in [-0.4, -0.2) is 11.3 Å². The molecule has 1 amide bonds. The molecular weight excluding hydrogens is 311 g/mol. The van der Waals surface area contributed by atoms with Crippen molar-refractivity contribution in [1.29, 1.82) is 0 Å². The second-order valence-electron chi connectivity index (χ2n) is 5.46. The number of halogens is 1. The van der Waals surface area contributed by atoms with Crippen LogP contribution in [0.2, 0.25) is 0 Å². The van der Waals surface area contributed by atoms with E-state index in [1.807, 2.05) is 18.2 Å². The van der Waals surface area contributed by atoms with Crippen molar-refractivity contribution in [1.82, 2.24) is 5.32 Å². The number of rotatable bonds is 3. The average Bonchev–Trinajstić information content (AvgIpc) is 2.94. The summed E-state index contributed by atoms with van der Waals surface area (Å²) in [7, 11) is 0. The van der Waals surface area contributed by atoms with Gasteiger partial charge in [0.25, 0.3) is 5.91 Å². The van der Waals surface area contributed by atoms with Crippen LogP contribution in [0.1, 0.15) is 28.4 Å². The second-order valence-corrected chi connectivity index (χ2v) is 5.69. The van der Waals surface area contributed by atoms with Crippen molar-refractivity contribution >= 4 is 29.2 Å². The summed E-state index contributed by atoms with van der Waals surface area (Å²) in [5.74, 6) is -0.466. The maximum absolute atomic E-state index is 13.7. The highest BCUT2D eigenvalue weighted by molar-refractivity contribution is 7.79. The molecule has 3 rings (SSSR count). The smallest absolute Gasteiger partial charge is 0.251 e. The van der Waals surface area contributed by atoms with Crippen LogP contribution in [0.3, 0.4) is 0 Å². The Morgan fingerprint density at radius 1 is 1.26 bits per heavy atom. The Bertz CT molecular complexity index is 858. The van der Waals surface area contributed by atoms with Crippen molar-refractivity contribution in [3.8, 4) is 11.1 Å². The van der Waals surface area contributed by atoms with Gasteiger partial charge in [0.1, 0.15) is 5.82 Å². The highest BCUT2D eigenvalue weighted by Crippen LogP contribution is 2.31. The summed E-state index contributed by atoms with van der Waals surface area (Å²) < 4.78 is 13.7. The fourth-order valence-electron chi connectivity index (χ4n) is 2.65. The molecule has 5 heteroatoms. The molecule has 0 aromatic heterocycles. The van der Waals surface area contributed by atoms with Crippen LogP contribution >= 0.6 is 12.2 Å². The summed E-state index contributed by atoms with van der Waals surface area (Å²) in [4.78, 5) is 11.9. The van der Waals surface area contributed by atoms with E-state index in [2.05, 4.69) is 5.32 Å². The number of thiocarbonyl (C=S) groups is 1. The van der Waals surface area contributed by atoms with Crippen molar-refractivity contribution in [2.45, 2.75) is 13.5 Å². The molecule has 23 heavy (non-hydrogen) atoms. The number of carbonyl (C=O) groups excluding carboxylic acids is 1. The van der Waals surface area contributed by atoms with E-state index in [1.165, 1.54) is 17.5 Å². The van der Waals surface area contributed by atoms with Gasteiger partial charge in [-0.15, -0.1) is 0 Å². The first-order valence-corrected chi connectivity index (χ1v) is 7.61. The van der Waals surface area contributed by atoms with Gasteiger partial charge < -0.3 is 11.1 Å². The Morgan fingerprint density at radius 2 is 2.04 bits per heavy atom. The molecule has 0 aliphatic carbocycles. The minimum atomic E-state index is -0.372. The molecule has 0 bridgehead atoms. The van der Waals surface area contributed by atoms with Crippen molar-refractivity contribution in [3.63, 3.8) is 0 Å². The van der Waals surface area contributed by atoms with E-state index in [9.17, 15) is 9.18 Å². The van der Waals surface area contributed by atoms with Gasteiger partial charge in [-0.25, -0.2) is 4.39 Å². The highest BCUT2D eigenvalue weighted by Gasteiger charge is 2.20. The van der Waals surface area contributed by atoms with Gasteiger partial charge in [0.15, 0.2) is 0 Å². The molecule has 0 saturated carbocycles. The van der Waals surface area contributed by atoms with Gasteiger partial charge in [0.2, 0.25) is 0 Å². The molecular formula is C18H15FN2OS. The fraction of sp³-hybridized carbons (Fsp3) is 0.111. The number of amides is 1. The summed E-state index contributed by atoms with van der Waals surface area (Å²) in [6.45, 7) is 2.32. The van der Waals surface area contributed by atoms with Crippen LogP contribution in [0.25, 0.3) is 16.8 Å². The Balaban J connectivity index is 2.20. The van der Waals surface area contributed by atoms with E-state index in [0.717, 1.165) is 16.7 Å². The molecule has 0 unspecified atom stereocenters. The van der Waals surface area contributed by atoms with Gasteiger partial charge in [-0.2, -0.15) is 0 Å². The number of nitrogens with two attached hydrogens (primary N) is 1. The molecule has 3 N–H and O–H groups in total. The summed E-state index contributed by atoms with van der Waals surface area (Å²) in [5, 5.41) is 4.26. The summed E-state index contributed by atoms with van der Waals surface area (Å²) in [6.07, 6.45) is 0. The van der Waals surface area contributed by atoms with E-state index in [1.54, 1.807) is 13.0 Å². The fourth-order valence-corrected chi connectivity index (χ4v) is 2.77. The maximum atomic E-state index is 13.7. The first-order chi connectivity index (χ1) is 11.0. The molecule has 0 saturated heterocycles. The number of carbonyl (C=O) groups is 1. The topological polar surface area (TPSA) is 55.1 Å². The Kier molecular flexibility index (Phi) is 3.96. The molecule has 1 aliphatic heterocycles. The zero-order valence-electron chi connectivity index (χ0n) is 12.5. The monoisotopic (exact) mass is 326 g/mol. The Morgan fingerprint density at radius 3 is 2.78 bits per heavy atom. The second kappa shape index (κ2) is 5.93. The summed E-state index contributed by atoms with van der Waals surface area (Å²) in [5.41, 5.74) is 11.0. The third-order valence-electron chi connectivity index (χ3n) is 3.98. The molecule has 1 aliphatic rings. The number of allylic oxidation sites excluding steroid dienone is 1. The zero-order chi connectivity index (χ0) is 16.6. The van der Waals surface area contributed by atoms with Crippen LogP contribution in [0.5, 0.6) is 0 Å². The maximum Gasteiger partial charge on any atom is 0.251 e. The van der Waals surface area contributed by atoms with Gasteiger partial charge in [-0.1, -0.05) is 30.4 Å². The quantitative estimate of drug-likeness (QED) is 0.671. The van der Waals surface area contributed by atoms with Gasteiger partial charge >= 0.3 is 0 Å². The largest absolute Gasteiger partial charge is 0.398 e. The van der Waals surface area contributed by atoms with Gasteiger partial charge in [0, 0.05) is 28.7 Å². The number of hydrogen-bond acceptors (Lipinski definition) is 3. The lowest BCUT2D eigenvalue weighted by Crippen LogP contribution is -2.12. The van der Waals surface area contributed by atoms with Crippen LogP contribution in [-0.2, 0) is 6.54 Å². The van der Waals surface area contributed by atoms with Crippen LogP contribution < -0.4 is 11.1 Å². The summed E-state index contributed by atoms with van der Waals surface area (Å²) in [6, 6.07) is 10.1. The SMILES string of the molecule is C/C(C=S)=C(/N)c1cc(F)ccc1-c1ccc2c(c1)C(=O)NC2. The first-order valence-electron chi connectivity index (χ1n) is 7.14. The Labute approximate surface area is 139 Å². The lowest BCUT2D eigenvalue weighted by atomic mass is 9.94. The van der Waals surface area contributed by atoms with Crippen LogP contribution in [0, 0.1) is 5.82 Å². The van der Waals surface area contributed by atoms with Crippen LogP contribution in [0.15, 0.2) is 42.0 Å². The van der Waals surface area contributed by atoms with Crippen molar-refractivity contribution in [2.75, 3.05) is 0 Å². The van der Waals surface area contributed by atoms with Crippen LogP contribution in [0.4, 0.5) is 4.39 Å². The number of benzene rings is 2. The molecule has 116 valence electrons. The van der Waals surface area contributed by atoms with E-state index < -0.39 is 0 Å². The van der Waals surface area contributed by atoms with E-state index in [0.29, 0.717) is 28.9 Å². The minimum absolute atomic E-state index is 0.0934. The molecule has 0 fully saturated rings. The molecule has 2 aromatic carbocycles. The van der Waals surface area contributed by atoms with E-state index in [4.69, 9.17) is 18.0 Å². The van der Waals surface area contributed by atoms with E-state index >= 15 is 0 Å². The Hall–Kier alpha value is -2.53. The van der Waals surface area contributed by atoms with Gasteiger partial charge in [-0.3, -0.25) is 4.79 Å². The standard InChI is InChI=1S/C18H15FN2OS/c1-10(9-23)17(20)16-7-13(19)4-5-14(16)11-2-3-12-8-21-18(22)15(12)6-11/h2-7,9H,8,20H2,1H3,(H,21,22)/b17-10-. The predicted molar refractivity (Wildman–Crippen MR) is 93.4 cm³/mol. The number of hydrogen-bond donors (Lipinski definition) is 2. The minimum Gasteiger partial charge on any atom is -0.398 e. The normalized spacial score (nSPS) is 14.1. The van der Waals surface area contributed by atoms with Crippen molar-refractivity contribution in [3.05, 3.63) is 64.5 Å². The highest BCUT2D eigenvalue weighted by atomic mass is 32.1. The summed E-state index contributed by atoms with van der Waals surface area (Å²) >= 11 is 4.91. The molecule has 2 aromatic rings. The lowest BCUT2D eigenvalue weighted by molar-refractivity contribution is 0.0966. The number of fused-ring (bicyclic) bond motifs is 1. The first kappa shape index (κ1) is 15.4. The molecule has 0 spiro atoms. The molecule has 0 atom stereocenters. The molecule has 3 nitrogen and oxygen atoms in total. The third kappa shape index (κ3) is 2.75. The van der Waals surface area contributed by atoms with Gasteiger partial charge in [0.05, 0.1) is 0 Å². The molecule has 0 radical (unpaired) electrons. The lowest BCUT2D eigenvalue weighted by Gasteiger charge is -2.13.